The van der Waals surface area contributed by atoms with Gasteiger partial charge in [-0.25, -0.2) is 4.39 Å². The minimum Gasteiger partial charge on any atom is -0.491 e. The molecule has 0 aliphatic rings. The number of nitrogens with one attached hydrogen (secondary N) is 1. The van der Waals surface area contributed by atoms with Gasteiger partial charge in [0.2, 0.25) is 0 Å². The summed E-state index contributed by atoms with van der Waals surface area (Å²) in [5, 5.41) is 12.2. The number of para-hydroxylation sites is 1. The van der Waals surface area contributed by atoms with Crippen LogP contribution in [0.1, 0.15) is 25.5 Å². The van der Waals surface area contributed by atoms with E-state index in [0.717, 1.165) is 11.3 Å². The lowest BCUT2D eigenvalue weighted by Gasteiger charge is -2.15. The average molecular weight is 284 g/mol. The van der Waals surface area contributed by atoms with Crippen LogP contribution in [0.15, 0.2) is 48.5 Å². The number of halogens is 1. The summed E-state index contributed by atoms with van der Waals surface area (Å²) in [5.74, 6) is 0.369. The van der Waals surface area contributed by atoms with Crippen molar-refractivity contribution in [2.45, 2.75) is 26.0 Å². The molecule has 0 radical (unpaired) electrons. The summed E-state index contributed by atoms with van der Waals surface area (Å²) < 4.78 is 19.2. The summed E-state index contributed by atoms with van der Waals surface area (Å²) >= 11 is 0. The van der Waals surface area contributed by atoms with Gasteiger partial charge in [-0.2, -0.15) is 5.26 Å². The fraction of sp³-hybridized carbons (Fsp3) is 0.235. The Labute approximate surface area is 124 Å². The van der Waals surface area contributed by atoms with Gasteiger partial charge in [0.1, 0.15) is 17.6 Å². The van der Waals surface area contributed by atoms with Crippen LogP contribution in [0.5, 0.6) is 5.75 Å². The molecule has 0 aliphatic heterocycles. The van der Waals surface area contributed by atoms with E-state index in [4.69, 9.17) is 4.74 Å². The lowest BCUT2D eigenvalue weighted by atomic mass is 10.1. The molecule has 1 atom stereocenters. The van der Waals surface area contributed by atoms with Gasteiger partial charge in [0.05, 0.1) is 17.9 Å². The highest BCUT2D eigenvalue weighted by molar-refractivity contribution is 5.49. The number of nitriles is 1. The quantitative estimate of drug-likeness (QED) is 0.890. The van der Waals surface area contributed by atoms with Crippen LogP contribution in [0.2, 0.25) is 0 Å². The van der Waals surface area contributed by atoms with Crippen molar-refractivity contribution in [3.63, 3.8) is 0 Å². The predicted molar refractivity (Wildman–Crippen MR) is 80.6 cm³/mol. The molecule has 0 amide bonds. The van der Waals surface area contributed by atoms with Crippen LogP contribution in [-0.4, -0.2) is 6.10 Å². The van der Waals surface area contributed by atoms with E-state index in [1.54, 1.807) is 30.3 Å². The molecule has 0 saturated heterocycles. The molecule has 4 heteroatoms. The molecule has 0 spiro atoms. The summed E-state index contributed by atoms with van der Waals surface area (Å²) in [6.45, 7) is 3.90. The zero-order valence-corrected chi connectivity index (χ0v) is 12.0. The molecule has 0 heterocycles. The molecular formula is C17H17FN2O. The number of hydrogen-bond donors (Lipinski definition) is 1. The molecule has 0 aliphatic carbocycles. The molecule has 21 heavy (non-hydrogen) atoms. The highest BCUT2D eigenvalue weighted by Gasteiger charge is 2.12. The summed E-state index contributed by atoms with van der Waals surface area (Å²) in [5.41, 5.74) is 1.07. The predicted octanol–water partition coefficient (Wildman–Crippen LogP) is 4.29. The van der Waals surface area contributed by atoms with Crippen molar-refractivity contribution in [2.24, 2.45) is 0 Å². The third-order valence-electron chi connectivity index (χ3n) is 2.89. The van der Waals surface area contributed by atoms with Crippen LogP contribution in [0, 0.1) is 17.1 Å². The standard InChI is InChI=1S/C17H17FN2O/c1-12(2)21-14-9-7-13(8-10-14)17(11-19)20-16-6-4-3-5-15(16)18/h3-10,12,17,20H,1-2H3. The highest BCUT2D eigenvalue weighted by atomic mass is 19.1. The van der Waals surface area contributed by atoms with E-state index >= 15 is 0 Å². The molecule has 0 fully saturated rings. The Balaban J connectivity index is 2.15. The second-order valence-corrected chi connectivity index (χ2v) is 4.92. The van der Waals surface area contributed by atoms with Gasteiger partial charge in [0.25, 0.3) is 0 Å². The normalized spacial score (nSPS) is 11.8. The van der Waals surface area contributed by atoms with Crippen LogP contribution in [0.3, 0.4) is 0 Å². The Morgan fingerprint density at radius 2 is 1.76 bits per heavy atom. The summed E-state index contributed by atoms with van der Waals surface area (Å²) in [4.78, 5) is 0. The zero-order valence-electron chi connectivity index (χ0n) is 12.0. The highest BCUT2D eigenvalue weighted by Crippen LogP contribution is 2.23. The van der Waals surface area contributed by atoms with Crippen LogP contribution < -0.4 is 10.1 Å². The molecule has 2 aromatic rings. The van der Waals surface area contributed by atoms with Gasteiger partial charge in [-0.3, -0.25) is 0 Å². The van der Waals surface area contributed by atoms with Crippen molar-refractivity contribution in [1.82, 2.24) is 0 Å². The number of ether oxygens (including phenoxy) is 1. The Morgan fingerprint density at radius 3 is 2.33 bits per heavy atom. The molecule has 2 aromatic carbocycles. The van der Waals surface area contributed by atoms with Crippen molar-refractivity contribution in [1.29, 1.82) is 5.26 Å². The number of benzene rings is 2. The Hall–Kier alpha value is -2.54. The fourth-order valence-electron chi connectivity index (χ4n) is 1.93. The Morgan fingerprint density at radius 1 is 1.10 bits per heavy atom. The van der Waals surface area contributed by atoms with Crippen molar-refractivity contribution in [3.05, 3.63) is 59.9 Å². The molecule has 0 saturated carbocycles. The third-order valence-corrected chi connectivity index (χ3v) is 2.89. The molecule has 3 nitrogen and oxygen atoms in total. The van der Waals surface area contributed by atoms with Crippen molar-refractivity contribution >= 4 is 5.69 Å². The number of rotatable bonds is 5. The molecule has 1 N–H and O–H groups in total. The smallest absolute Gasteiger partial charge is 0.146 e. The van der Waals surface area contributed by atoms with Gasteiger partial charge in [-0.15, -0.1) is 0 Å². The minimum atomic E-state index is -0.616. The van der Waals surface area contributed by atoms with Crippen LogP contribution >= 0.6 is 0 Å². The molecule has 0 bridgehead atoms. The fourth-order valence-corrected chi connectivity index (χ4v) is 1.93. The van der Waals surface area contributed by atoms with E-state index in [9.17, 15) is 9.65 Å². The SMILES string of the molecule is CC(C)Oc1ccc(C(C#N)Nc2ccccc2F)cc1. The first-order chi connectivity index (χ1) is 10.1. The topological polar surface area (TPSA) is 45.0 Å². The molecular weight excluding hydrogens is 267 g/mol. The first-order valence-corrected chi connectivity index (χ1v) is 6.77. The summed E-state index contributed by atoms with van der Waals surface area (Å²) in [7, 11) is 0. The molecule has 1 unspecified atom stereocenters. The van der Waals surface area contributed by atoms with E-state index in [-0.39, 0.29) is 11.9 Å². The van der Waals surface area contributed by atoms with Crippen LogP contribution in [0.4, 0.5) is 10.1 Å². The summed E-state index contributed by atoms with van der Waals surface area (Å²) in [6.07, 6.45) is 0.0964. The second kappa shape index (κ2) is 6.76. The van der Waals surface area contributed by atoms with Crippen molar-refractivity contribution in [2.75, 3.05) is 5.32 Å². The molecule has 108 valence electrons. The largest absolute Gasteiger partial charge is 0.491 e. The van der Waals surface area contributed by atoms with Gasteiger partial charge in [0.15, 0.2) is 0 Å². The van der Waals surface area contributed by atoms with Crippen molar-refractivity contribution in [3.8, 4) is 11.8 Å². The van der Waals surface area contributed by atoms with E-state index < -0.39 is 6.04 Å². The van der Waals surface area contributed by atoms with Gasteiger partial charge in [-0.1, -0.05) is 24.3 Å². The van der Waals surface area contributed by atoms with Gasteiger partial charge < -0.3 is 10.1 Å². The molecule has 0 aromatic heterocycles. The second-order valence-electron chi connectivity index (χ2n) is 4.92. The van der Waals surface area contributed by atoms with E-state index in [1.165, 1.54) is 6.07 Å². The monoisotopic (exact) mass is 284 g/mol. The minimum absolute atomic E-state index is 0.0964. The summed E-state index contributed by atoms with van der Waals surface area (Å²) in [6, 6.07) is 15.0. The van der Waals surface area contributed by atoms with Gasteiger partial charge in [-0.05, 0) is 43.7 Å². The lowest BCUT2D eigenvalue weighted by molar-refractivity contribution is 0.242. The first-order valence-electron chi connectivity index (χ1n) is 6.77. The van der Waals surface area contributed by atoms with Crippen LogP contribution in [-0.2, 0) is 0 Å². The molecule has 2 rings (SSSR count). The Bertz CT molecular complexity index is 632. The number of anilines is 1. The van der Waals surface area contributed by atoms with Crippen LogP contribution in [0.25, 0.3) is 0 Å². The van der Waals surface area contributed by atoms with E-state index in [2.05, 4.69) is 11.4 Å². The maximum absolute atomic E-state index is 13.6. The zero-order chi connectivity index (χ0) is 15.2. The average Bonchev–Trinajstić information content (AvgIpc) is 2.47. The number of nitrogens with zero attached hydrogens (tertiary/aromatic N) is 1. The van der Waals surface area contributed by atoms with E-state index in [0.29, 0.717) is 5.69 Å². The first kappa shape index (κ1) is 14.9. The maximum atomic E-state index is 13.6. The van der Waals surface area contributed by atoms with Gasteiger partial charge >= 0.3 is 0 Å². The number of hydrogen-bond acceptors (Lipinski definition) is 3. The maximum Gasteiger partial charge on any atom is 0.146 e. The lowest BCUT2D eigenvalue weighted by Crippen LogP contribution is -2.10. The van der Waals surface area contributed by atoms with E-state index in [1.807, 2.05) is 26.0 Å². The Kier molecular flexibility index (Phi) is 4.78. The third kappa shape index (κ3) is 3.96. The van der Waals surface area contributed by atoms with Crippen molar-refractivity contribution < 1.29 is 9.13 Å². The van der Waals surface area contributed by atoms with Gasteiger partial charge in [0, 0.05) is 0 Å².